The van der Waals surface area contributed by atoms with Gasteiger partial charge in [0.25, 0.3) is 0 Å². The Kier molecular flexibility index (Phi) is 4.44. The van der Waals surface area contributed by atoms with Crippen molar-refractivity contribution in [2.24, 2.45) is 0 Å². The predicted molar refractivity (Wildman–Crippen MR) is 78.8 cm³/mol. The van der Waals surface area contributed by atoms with E-state index in [2.05, 4.69) is 15.9 Å². The average Bonchev–Trinajstić information content (AvgIpc) is 2.39. The van der Waals surface area contributed by atoms with Crippen LogP contribution in [0.1, 0.15) is 27.0 Å². The number of halogens is 5. The molecule has 1 nitrogen and oxygen atoms in total. The number of benzene rings is 2. The van der Waals surface area contributed by atoms with Gasteiger partial charge in [-0.25, -0.2) is 0 Å². The van der Waals surface area contributed by atoms with Gasteiger partial charge in [-0.2, -0.15) is 13.2 Å². The normalized spacial score (nSPS) is 11.5. The minimum absolute atomic E-state index is 0.197. The number of rotatable bonds is 2. The van der Waals surface area contributed by atoms with Crippen molar-refractivity contribution in [2.75, 3.05) is 0 Å². The summed E-state index contributed by atoms with van der Waals surface area (Å²) in [4.78, 5) is 12.4. The summed E-state index contributed by atoms with van der Waals surface area (Å²) in [6.45, 7) is 1.47. The number of carbonyl (C=O) groups excluding carboxylic acids is 1. The fourth-order valence-corrected chi connectivity index (χ4v) is 2.48. The minimum Gasteiger partial charge on any atom is -0.289 e. The molecule has 2 aromatic carbocycles. The van der Waals surface area contributed by atoms with Crippen LogP contribution in [0.4, 0.5) is 13.2 Å². The molecule has 0 atom stereocenters. The molecule has 0 N–H and O–H groups in total. The van der Waals surface area contributed by atoms with Gasteiger partial charge < -0.3 is 0 Å². The maximum Gasteiger partial charge on any atom is 0.416 e. The molecule has 0 aliphatic rings. The lowest BCUT2D eigenvalue weighted by Gasteiger charge is -2.11. The van der Waals surface area contributed by atoms with Crippen molar-refractivity contribution in [1.29, 1.82) is 0 Å². The van der Waals surface area contributed by atoms with Crippen LogP contribution in [0, 0.1) is 6.92 Å². The molecule has 0 saturated heterocycles. The number of carbonyl (C=O) groups is 1. The number of aryl methyl sites for hydroxylation is 1. The maximum absolute atomic E-state index is 12.6. The van der Waals surface area contributed by atoms with Gasteiger partial charge in [0, 0.05) is 15.6 Å². The molecule has 2 rings (SSSR count). The van der Waals surface area contributed by atoms with Gasteiger partial charge >= 0.3 is 6.18 Å². The van der Waals surface area contributed by atoms with E-state index in [1.807, 2.05) is 0 Å². The van der Waals surface area contributed by atoms with Gasteiger partial charge in [-0.05, 0) is 42.8 Å². The molecule has 0 saturated carbocycles. The lowest BCUT2D eigenvalue weighted by Crippen LogP contribution is -2.09. The van der Waals surface area contributed by atoms with E-state index in [1.165, 1.54) is 13.0 Å². The molecule has 110 valence electrons. The molecule has 0 fully saturated rings. The molecule has 0 unspecified atom stereocenters. The van der Waals surface area contributed by atoms with Gasteiger partial charge in [-0.3, -0.25) is 4.79 Å². The highest BCUT2D eigenvalue weighted by molar-refractivity contribution is 9.10. The highest BCUT2D eigenvalue weighted by atomic mass is 79.9. The van der Waals surface area contributed by atoms with Crippen molar-refractivity contribution >= 4 is 33.3 Å². The van der Waals surface area contributed by atoms with Crippen LogP contribution >= 0.6 is 27.5 Å². The Hall–Kier alpha value is -1.33. The van der Waals surface area contributed by atoms with Crippen molar-refractivity contribution in [2.45, 2.75) is 13.1 Å². The lowest BCUT2D eigenvalue weighted by atomic mass is 9.97. The molecule has 0 heterocycles. The van der Waals surface area contributed by atoms with Crippen molar-refractivity contribution in [3.8, 4) is 0 Å². The summed E-state index contributed by atoms with van der Waals surface area (Å²) < 4.78 is 38.6. The summed E-state index contributed by atoms with van der Waals surface area (Å²) in [7, 11) is 0. The predicted octanol–water partition coefficient (Wildman–Crippen LogP) is 5.66. The van der Waals surface area contributed by atoms with Crippen LogP contribution < -0.4 is 0 Å². The van der Waals surface area contributed by atoms with Crippen LogP contribution in [0.25, 0.3) is 0 Å². The van der Waals surface area contributed by atoms with Crippen LogP contribution in [0.2, 0.25) is 5.02 Å². The third-order valence-electron chi connectivity index (χ3n) is 2.97. The summed E-state index contributed by atoms with van der Waals surface area (Å²) in [5.74, 6) is -0.410. The van der Waals surface area contributed by atoms with Gasteiger partial charge in [0.2, 0.25) is 0 Å². The van der Waals surface area contributed by atoms with Gasteiger partial charge in [0.15, 0.2) is 5.78 Å². The molecule has 2 aromatic rings. The van der Waals surface area contributed by atoms with Crippen LogP contribution in [0.15, 0.2) is 40.9 Å². The Morgan fingerprint density at radius 3 is 2.33 bits per heavy atom. The zero-order valence-corrected chi connectivity index (χ0v) is 13.1. The van der Waals surface area contributed by atoms with Crippen LogP contribution in [-0.4, -0.2) is 5.78 Å². The van der Waals surface area contributed by atoms with Crippen molar-refractivity contribution in [3.05, 3.63) is 68.1 Å². The standard InChI is InChI=1S/C15H9BrClF3O/c1-8-6-9(15(18,19)20)2-4-11(8)14(21)12-7-10(16)3-5-13(12)17/h2-7H,1H3. The third kappa shape index (κ3) is 3.47. The number of hydrogen-bond acceptors (Lipinski definition) is 1. The second-order valence-corrected chi connectivity index (χ2v) is 5.80. The highest BCUT2D eigenvalue weighted by Crippen LogP contribution is 2.31. The first-order valence-electron chi connectivity index (χ1n) is 5.88. The van der Waals surface area contributed by atoms with Crippen molar-refractivity contribution in [1.82, 2.24) is 0 Å². The molecule has 0 bridgehead atoms. The Morgan fingerprint density at radius 2 is 1.76 bits per heavy atom. The summed E-state index contributed by atoms with van der Waals surface area (Å²) in [6.07, 6.45) is -4.43. The minimum atomic E-state index is -4.43. The Labute approximate surface area is 132 Å². The van der Waals surface area contributed by atoms with E-state index in [-0.39, 0.29) is 21.7 Å². The van der Waals surface area contributed by atoms with E-state index in [1.54, 1.807) is 18.2 Å². The smallest absolute Gasteiger partial charge is 0.289 e. The second kappa shape index (κ2) is 5.81. The molecule has 0 aliphatic heterocycles. The zero-order chi connectivity index (χ0) is 15.8. The maximum atomic E-state index is 12.6. The van der Waals surface area contributed by atoms with Gasteiger partial charge in [-0.1, -0.05) is 33.6 Å². The number of alkyl halides is 3. The topological polar surface area (TPSA) is 17.1 Å². The molecular formula is C15H9BrClF3O. The second-order valence-electron chi connectivity index (χ2n) is 4.48. The van der Waals surface area contributed by atoms with E-state index in [0.29, 0.717) is 4.47 Å². The Morgan fingerprint density at radius 1 is 1.10 bits per heavy atom. The number of ketones is 1. The average molecular weight is 378 g/mol. The molecule has 0 aromatic heterocycles. The zero-order valence-electron chi connectivity index (χ0n) is 10.8. The van der Waals surface area contributed by atoms with Gasteiger partial charge in [-0.15, -0.1) is 0 Å². The SMILES string of the molecule is Cc1cc(C(F)(F)F)ccc1C(=O)c1cc(Br)ccc1Cl. The highest BCUT2D eigenvalue weighted by Gasteiger charge is 2.31. The van der Waals surface area contributed by atoms with Crippen LogP contribution in [0.3, 0.4) is 0 Å². The monoisotopic (exact) mass is 376 g/mol. The molecular weight excluding hydrogens is 369 g/mol. The Bertz CT molecular complexity index is 711. The van der Waals surface area contributed by atoms with Gasteiger partial charge in [0.05, 0.1) is 10.6 Å². The van der Waals surface area contributed by atoms with E-state index < -0.39 is 17.5 Å². The molecule has 0 radical (unpaired) electrons. The fraction of sp³-hybridized carbons (Fsp3) is 0.133. The largest absolute Gasteiger partial charge is 0.416 e. The van der Waals surface area contributed by atoms with E-state index in [9.17, 15) is 18.0 Å². The molecule has 0 spiro atoms. The van der Waals surface area contributed by atoms with Crippen LogP contribution in [0.5, 0.6) is 0 Å². The van der Waals surface area contributed by atoms with Gasteiger partial charge in [0.1, 0.15) is 0 Å². The first kappa shape index (κ1) is 16.0. The Balaban J connectivity index is 2.47. The molecule has 0 aliphatic carbocycles. The third-order valence-corrected chi connectivity index (χ3v) is 3.79. The molecule has 21 heavy (non-hydrogen) atoms. The number of hydrogen-bond donors (Lipinski definition) is 0. The summed E-state index contributed by atoms with van der Waals surface area (Å²) in [6, 6.07) is 7.81. The summed E-state index contributed by atoms with van der Waals surface area (Å²) in [5.41, 5.74) is -0.0837. The quantitative estimate of drug-likeness (QED) is 0.617. The molecule has 6 heteroatoms. The fourth-order valence-electron chi connectivity index (χ4n) is 1.91. The lowest BCUT2D eigenvalue weighted by molar-refractivity contribution is -0.137. The van der Waals surface area contributed by atoms with Crippen molar-refractivity contribution < 1.29 is 18.0 Å². The summed E-state index contributed by atoms with van der Waals surface area (Å²) >= 11 is 9.21. The van der Waals surface area contributed by atoms with E-state index in [4.69, 9.17) is 11.6 Å². The first-order chi connectivity index (χ1) is 9.70. The van der Waals surface area contributed by atoms with E-state index in [0.717, 1.165) is 12.1 Å². The van der Waals surface area contributed by atoms with E-state index >= 15 is 0 Å². The summed E-state index contributed by atoms with van der Waals surface area (Å²) in [5, 5.41) is 0.252. The first-order valence-corrected chi connectivity index (χ1v) is 7.05. The van der Waals surface area contributed by atoms with Crippen LogP contribution in [-0.2, 0) is 6.18 Å². The molecule has 0 amide bonds. The van der Waals surface area contributed by atoms with Crippen molar-refractivity contribution in [3.63, 3.8) is 0 Å².